The zero-order valence-electron chi connectivity index (χ0n) is 10.6. The van der Waals surface area contributed by atoms with Gasteiger partial charge in [0.05, 0.1) is 5.54 Å². The zero-order valence-corrected chi connectivity index (χ0v) is 12.2. The quantitative estimate of drug-likeness (QED) is 0.917. The summed E-state index contributed by atoms with van der Waals surface area (Å²) in [5, 5.41) is 4.09. The molecule has 1 aliphatic rings. The molecule has 2 aromatic rings. The van der Waals surface area contributed by atoms with Crippen molar-refractivity contribution in [1.82, 2.24) is 10.1 Å². The number of rotatable bonds is 2. The van der Waals surface area contributed by atoms with Gasteiger partial charge in [0, 0.05) is 10.0 Å². The Labute approximate surface area is 120 Å². The van der Waals surface area contributed by atoms with Crippen LogP contribution in [0.2, 0.25) is 0 Å². The molecule has 1 heterocycles. The number of benzene rings is 1. The van der Waals surface area contributed by atoms with Gasteiger partial charge in [-0.15, -0.1) is 0 Å². The highest BCUT2D eigenvalue weighted by molar-refractivity contribution is 9.10. The molecule has 19 heavy (non-hydrogen) atoms. The second-order valence-corrected chi connectivity index (χ2v) is 6.07. The predicted molar refractivity (Wildman–Crippen MR) is 76.4 cm³/mol. The molecule has 1 aromatic carbocycles. The van der Waals surface area contributed by atoms with Crippen LogP contribution in [0.3, 0.4) is 0 Å². The predicted octanol–water partition coefficient (Wildman–Crippen LogP) is 3.62. The van der Waals surface area contributed by atoms with Crippen molar-refractivity contribution >= 4 is 15.9 Å². The van der Waals surface area contributed by atoms with Gasteiger partial charge in [-0.05, 0) is 31.0 Å². The fourth-order valence-corrected chi connectivity index (χ4v) is 2.97. The van der Waals surface area contributed by atoms with Crippen LogP contribution in [0.4, 0.5) is 0 Å². The minimum Gasteiger partial charge on any atom is -0.334 e. The van der Waals surface area contributed by atoms with Crippen LogP contribution in [-0.4, -0.2) is 10.1 Å². The van der Waals surface area contributed by atoms with E-state index in [4.69, 9.17) is 10.3 Å². The molecular weight excluding hydrogens is 306 g/mol. The highest BCUT2D eigenvalue weighted by atomic mass is 79.9. The van der Waals surface area contributed by atoms with Crippen molar-refractivity contribution in [3.8, 4) is 11.5 Å². The van der Waals surface area contributed by atoms with Crippen molar-refractivity contribution in [2.24, 2.45) is 5.73 Å². The summed E-state index contributed by atoms with van der Waals surface area (Å²) in [5.74, 6) is 1.17. The summed E-state index contributed by atoms with van der Waals surface area (Å²) in [7, 11) is 0. The van der Waals surface area contributed by atoms with Crippen LogP contribution in [-0.2, 0) is 5.54 Å². The van der Waals surface area contributed by atoms with Crippen LogP contribution in [0.1, 0.15) is 37.9 Å². The summed E-state index contributed by atoms with van der Waals surface area (Å²) in [6.07, 6.45) is 5.39. The average molecular weight is 322 g/mol. The van der Waals surface area contributed by atoms with Gasteiger partial charge in [-0.25, -0.2) is 0 Å². The summed E-state index contributed by atoms with van der Waals surface area (Å²) in [6, 6.07) is 7.82. The van der Waals surface area contributed by atoms with Gasteiger partial charge in [0.25, 0.3) is 5.89 Å². The lowest BCUT2D eigenvalue weighted by atomic mass is 9.82. The van der Waals surface area contributed by atoms with Gasteiger partial charge in [-0.1, -0.05) is 46.4 Å². The first kappa shape index (κ1) is 12.8. The van der Waals surface area contributed by atoms with E-state index in [-0.39, 0.29) is 0 Å². The van der Waals surface area contributed by atoms with E-state index in [2.05, 4.69) is 26.1 Å². The molecule has 0 saturated heterocycles. The highest BCUT2D eigenvalue weighted by Gasteiger charge is 2.34. The van der Waals surface area contributed by atoms with Crippen LogP contribution in [0.15, 0.2) is 33.3 Å². The molecular formula is C14H16BrN3O. The summed E-state index contributed by atoms with van der Waals surface area (Å²) >= 11 is 3.44. The molecule has 0 amide bonds. The number of halogens is 1. The smallest absolute Gasteiger partial charge is 0.258 e. The molecule has 4 nitrogen and oxygen atoms in total. The molecule has 2 N–H and O–H groups in total. The summed E-state index contributed by atoms with van der Waals surface area (Å²) < 4.78 is 6.35. The van der Waals surface area contributed by atoms with Crippen LogP contribution in [0, 0.1) is 0 Å². The molecule has 1 saturated carbocycles. The summed E-state index contributed by atoms with van der Waals surface area (Å²) in [5.41, 5.74) is 6.91. The van der Waals surface area contributed by atoms with Crippen molar-refractivity contribution in [1.29, 1.82) is 0 Å². The van der Waals surface area contributed by atoms with Crippen molar-refractivity contribution in [2.75, 3.05) is 0 Å². The molecule has 0 aliphatic heterocycles. The summed E-state index contributed by atoms with van der Waals surface area (Å²) in [6.45, 7) is 0. The Bertz CT molecular complexity index is 576. The first-order valence-electron chi connectivity index (χ1n) is 6.56. The van der Waals surface area contributed by atoms with E-state index < -0.39 is 5.54 Å². The standard InChI is InChI=1S/C14H16BrN3O/c15-11-6-4-5-10(9-11)12-17-13(18-19-12)14(16)7-2-1-3-8-14/h4-6,9H,1-3,7-8,16H2. The SMILES string of the molecule is NC1(c2noc(-c3cccc(Br)c3)n2)CCCCC1. The van der Waals surface area contributed by atoms with E-state index in [1.165, 1.54) is 6.42 Å². The Balaban J connectivity index is 1.91. The molecule has 5 heteroatoms. The first-order chi connectivity index (χ1) is 9.17. The van der Waals surface area contributed by atoms with Gasteiger partial charge in [-0.3, -0.25) is 0 Å². The Morgan fingerprint density at radius 1 is 1.21 bits per heavy atom. The highest BCUT2D eigenvalue weighted by Crippen LogP contribution is 2.34. The number of aromatic nitrogens is 2. The average Bonchev–Trinajstić information content (AvgIpc) is 2.90. The van der Waals surface area contributed by atoms with E-state index in [9.17, 15) is 0 Å². The van der Waals surface area contributed by atoms with Crippen molar-refractivity contribution in [3.05, 3.63) is 34.6 Å². The van der Waals surface area contributed by atoms with Crippen LogP contribution >= 0.6 is 15.9 Å². The maximum Gasteiger partial charge on any atom is 0.258 e. The normalized spacial score (nSPS) is 18.4. The molecule has 3 rings (SSSR count). The lowest BCUT2D eigenvalue weighted by Gasteiger charge is -2.29. The van der Waals surface area contributed by atoms with E-state index in [1.54, 1.807) is 0 Å². The third-order valence-corrected chi connectivity index (χ3v) is 4.18. The van der Waals surface area contributed by atoms with E-state index in [0.717, 1.165) is 35.7 Å². The number of hydrogen-bond donors (Lipinski definition) is 1. The Kier molecular flexibility index (Phi) is 3.41. The molecule has 1 aliphatic carbocycles. The Hall–Kier alpha value is -1.20. The van der Waals surface area contributed by atoms with Gasteiger partial charge in [0.1, 0.15) is 0 Å². The lowest BCUT2D eigenvalue weighted by molar-refractivity contribution is 0.275. The third-order valence-electron chi connectivity index (χ3n) is 3.69. The van der Waals surface area contributed by atoms with Crippen molar-refractivity contribution < 1.29 is 4.52 Å². The van der Waals surface area contributed by atoms with Crippen molar-refractivity contribution in [3.63, 3.8) is 0 Å². The Morgan fingerprint density at radius 2 is 2.00 bits per heavy atom. The van der Waals surface area contributed by atoms with E-state index in [1.807, 2.05) is 24.3 Å². The number of nitrogens with zero attached hydrogens (tertiary/aromatic N) is 2. The zero-order chi connectivity index (χ0) is 13.3. The lowest BCUT2D eigenvalue weighted by Crippen LogP contribution is -2.39. The molecule has 0 atom stereocenters. The minimum absolute atomic E-state index is 0.411. The maximum atomic E-state index is 6.41. The topological polar surface area (TPSA) is 64.9 Å². The largest absolute Gasteiger partial charge is 0.334 e. The fourth-order valence-electron chi connectivity index (χ4n) is 2.57. The van der Waals surface area contributed by atoms with Gasteiger partial charge in [-0.2, -0.15) is 4.98 Å². The van der Waals surface area contributed by atoms with Gasteiger partial charge < -0.3 is 10.3 Å². The van der Waals surface area contributed by atoms with Gasteiger partial charge in [0.2, 0.25) is 0 Å². The first-order valence-corrected chi connectivity index (χ1v) is 7.36. The molecule has 0 unspecified atom stereocenters. The second-order valence-electron chi connectivity index (χ2n) is 5.15. The van der Waals surface area contributed by atoms with Gasteiger partial charge >= 0.3 is 0 Å². The number of nitrogens with two attached hydrogens (primary N) is 1. The molecule has 0 radical (unpaired) electrons. The number of hydrogen-bond acceptors (Lipinski definition) is 4. The van der Waals surface area contributed by atoms with Gasteiger partial charge in [0.15, 0.2) is 5.82 Å². The minimum atomic E-state index is -0.411. The second kappa shape index (κ2) is 5.06. The Morgan fingerprint density at radius 3 is 2.74 bits per heavy atom. The van der Waals surface area contributed by atoms with E-state index in [0.29, 0.717) is 11.7 Å². The molecule has 0 bridgehead atoms. The third kappa shape index (κ3) is 2.58. The van der Waals surface area contributed by atoms with Crippen LogP contribution < -0.4 is 5.73 Å². The molecule has 1 fully saturated rings. The molecule has 1 aromatic heterocycles. The summed E-state index contributed by atoms with van der Waals surface area (Å²) in [4.78, 5) is 4.49. The molecule has 100 valence electrons. The van der Waals surface area contributed by atoms with Crippen LogP contribution in [0.25, 0.3) is 11.5 Å². The van der Waals surface area contributed by atoms with E-state index >= 15 is 0 Å². The monoisotopic (exact) mass is 321 g/mol. The van der Waals surface area contributed by atoms with Crippen molar-refractivity contribution in [2.45, 2.75) is 37.6 Å². The molecule has 0 spiro atoms. The maximum absolute atomic E-state index is 6.41. The van der Waals surface area contributed by atoms with Crippen LogP contribution in [0.5, 0.6) is 0 Å². The fraction of sp³-hybridized carbons (Fsp3) is 0.429.